The van der Waals surface area contributed by atoms with Crippen molar-refractivity contribution in [2.24, 2.45) is 0 Å². The number of hydrogen-bond donors (Lipinski definition) is 1. The molecule has 1 heterocycles. The normalized spacial score (nSPS) is 12.4. The van der Waals surface area contributed by atoms with E-state index in [0.717, 1.165) is 0 Å². The summed E-state index contributed by atoms with van der Waals surface area (Å²) in [6.45, 7) is 2.77. The summed E-state index contributed by atoms with van der Waals surface area (Å²) in [5.41, 5.74) is 2.85. The van der Waals surface area contributed by atoms with E-state index in [0.29, 0.717) is 5.69 Å². The number of nitrogens with one attached hydrogen (secondary N) is 1. The van der Waals surface area contributed by atoms with Crippen LogP contribution in [0.3, 0.4) is 0 Å². The molecule has 0 aromatic carbocycles. The van der Waals surface area contributed by atoms with Gasteiger partial charge in [0.15, 0.2) is 6.61 Å². The number of aromatic nitrogens is 2. The van der Waals surface area contributed by atoms with Crippen molar-refractivity contribution in [3.05, 3.63) is 18.0 Å². The number of rotatable bonds is 5. The largest absolute Gasteiger partial charge is 0.413 e. The Kier molecular flexibility index (Phi) is 4.31. The van der Waals surface area contributed by atoms with E-state index in [-0.39, 0.29) is 12.6 Å². The molecule has 1 aromatic heterocycles. The molecule has 4 nitrogen and oxygen atoms in total. The number of nitrogens with zero attached hydrogens (tertiary/aromatic N) is 2. The van der Waals surface area contributed by atoms with Gasteiger partial charge in [-0.25, -0.2) is 0 Å². The van der Waals surface area contributed by atoms with Gasteiger partial charge in [-0.05, 0) is 19.9 Å². The lowest BCUT2D eigenvalue weighted by Gasteiger charge is -2.07. The lowest BCUT2D eigenvalue weighted by molar-refractivity contribution is -0.190. The van der Waals surface area contributed by atoms with E-state index in [1.165, 1.54) is 0 Å². The fraction of sp³-hybridized carbons (Fsp3) is 0.667. The van der Waals surface area contributed by atoms with Crippen LogP contribution in [0.25, 0.3) is 0 Å². The van der Waals surface area contributed by atoms with Crippen LogP contribution in [0.2, 0.25) is 0 Å². The lowest BCUT2D eigenvalue weighted by atomic mass is 10.4. The first-order valence-electron chi connectivity index (χ1n) is 4.84. The maximum atomic E-state index is 11.7. The molecule has 0 aliphatic rings. The van der Waals surface area contributed by atoms with Crippen LogP contribution in [0.1, 0.15) is 25.6 Å². The Balaban J connectivity index is 2.27. The molecule has 0 fully saturated rings. The van der Waals surface area contributed by atoms with Crippen molar-refractivity contribution in [1.82, 2.24) is 15.3 Å². The van der Waals surface area contributed by atoms with Gasteiger partial charge in [-0.2, -0.15) is 23.8 Å². The third kappa shape index (κ3) is 4.63. The Morgan fingerprint density at radius 3 is 2.69 bits per heavy atom. The highest BCUT2D eigenvalue weighted by Crippen LogP contribution is 2.13. The van der Waals surface area contributed by atoms with Gasteiger partial charge in [0.2, 0.25) is 0 Å². The van der Waals surface area contributed by atoms with E-state index in [4.69, 9.17) is 0 Å². The van der Waals surface area contributed by atoms with E-state index in [1.807, 2.05) is 13.8 Å². The van der Waals surface area contributed by atoms with Crippen LogP contribution in [-0.2, 0) is 11.4 Å². The van der Waals surface area contributed by atoms with Crippen molar-refractivity contribution in [2.75, 3.05) is 6.61 Å². The van der Waals surface area contributed by atoms with Crippen LogP contribution in [0, 0.1) is 0 Å². The Morgan fingerprint density at radius 1 is 1.50 bits per heavy atom. The minimum Gasteiger partial charge on any atom is -0.292 e. The van der Waals surface area contributed by atoms with Crippen LogP contribution < -0.4 is 5.48 Å². The first-order chi connectivity index (χ1) is 7.38. The second kappa shape index (κ2) is 5.31. The molecule has 7 heteroatoms. The average molecular weight is 237 g/mol. The molecule has 1 N–H and O–H groups in total. The Morgan fingerprint density at radius 2 is 2.19 bits per heavy atom. The van der Waals surface area contributed by atoms with E-state index in [2.05, 4.69) is 15.4 Å². The molecule has 0 aliphatic heterocycles. The monoisotopic (exact) mass is 237 g/mol. The quantitative estimate of drug-likeness (QED) is 0.629. The van der Waals surface area contributed by atoms with Gasteiger partial charge < -0.3 is 0 Å². The predicted octanol–water partition coefficient (Wildman–Crippen LogP) is 2.05. The van der Waals surface area contributed by atoms with Crippen LogP contribution in [0.5, 0.6) is 0 Å². The summed E-state index contributed by atoms with van der Waals surface area (Å²) in [6.07, 6.45) is -2.55. The standard InChI is InChI=1S/C9H14F3N3O/c1-7(2)15-4-3-8(14-15)5-13-16-6-9(10,11)12/h3-4,7,13H,5-6H2,1-2H3. The number of halogens is 3. The molecule has 0 radical (unpaired) electrons. The fourth-order valence-electron chi connectivity index (χ4n) is 1.02. The summed E-state index contributed by atoms with van der Waals surface area (Å²) < 4.78 is 36.8. The molecule has 0 spiro atoms. The summed E-state index contributed by atoms with van der Waals surface area (Å²) in [7, 11) is 0. The Bertz CT molecular complexity index is 322. The number of hydroxylamine groups is 1. The first kappa shape index (κ1) is 13.0. The molecule has 0 aliphatic carbocycles. The Labute approximate surface area is 91.3 Å². The zero-order chi connectivity index (χ0) is 12.2. The maximum absolute atomic E-state index is 11.7. The van der Waals surface area contributed by atoms with Gasteiger partial charge in [-0.3, -0.25) is 9.52 Å². The van der Waals surface area contributed by atoms with E-state index in [1.54, 1.807) is 16.9 Å². The van der Waals surface area contributed by atoms with Gasteiger partial charge in [-0.15, -0.1) is 0 Å². The number of hydrogen-bond acceptors (Lipinski definition) is 3. The lowest BCUT2D eigenvalue weighted by Crippen LogP contribution is -2.24. The highest BCUT2D eigenvalue weighted by Gasteiger charge is 2.27. The number of alkyl halides is 3. The van der Waals surface area contributed by atoms with E-state index < -0.39 is 12.8 Å². The van der Waals surface area contributed by atoms with Crippen LogP contribution in [0.4, 0.5) is 13.2 Å². The molecular formula is C9H14F3N3O. The van der Waals surface area contributed by atoms with Crippen LogP contribution in [0.15, 0.2) is 12.3 Å². The van der Waals surface area contributed by atoms with Gasteiger partial charge in [0.25, 0.3) is 0 Å². The minimum atomic E-state index is -4.32. The first-order valence-corrected chi connectivity index (χ1v) is 4.84. The summed E-state index contributed by atoms with van der Waals surface area (Å²) in [5, 5.41) is 4.14. The molecule has 0 bridgehead atoms. The third-order valence-electron chi connectivity index (χ3n) is 1.78. The molecule has 16 heavy (non-hydrogen) atoms. The van der Waals surface area contributed by atoms with Gasteiger partial charge in [0.1, 0.15) is 0 Å². The van der Waals surface area contributed by atoms with Crippen molar-refractivity contribution < 1.29 is 18.0 Å². The molecule has 0 saturated carbocycles. The summed E-state index contributed by atoms with van der Waals surface area (Å²) in [4.78, 5) is 4.25. The third-order valence-corrected chi connectivity index (χ3v) is 1.78. The summed E-state index contributed by atoms with van der Waals surface area (Å²) >= 11 is 0. The molecular weight excluding hydrogens is 223 g/mol. The van der Waals surface area contributed by atoms with Gasteiger partial charge in [0.05, 0.1) is 12.2 Å². The highest BCUT2D eigenvalue weighted by molar-refractivity contribution is 4.98. The zero-order valence-corrected chi connectivity index (χ0v) is 9.08. The molecule has 0 unspecified atom stereocenters. The van der Waals surface area contributed by atoms with E-state index >= 15 is 0 Å². The molecule has 92 valence electrons. The minimum absolute atomic E-state index is 0.149. The molecule has 1 rings (SSSR count). The smallest absolute Gasteiger partial charge is 0.292 e. The Hall–Kier alpha value is -1.08. The molecule has 0 atom stereocenters. The fourth-order valence-corrected chi connectivity index (χ4v) is 1.02. The van der Waals surface area contributed by atoms with Gasteiger partial charge in [-0.1, -0.05) is 0 Å². The van der Waals surface area contributed by atoms with Crippen molar-refractivity contribution in [1.29, 1.82) is 0 Å². The molecule has 0 amide bonds. The van der Waals surface area contributed by atoms with Crippen LogP contribution in [-0.4, -0.2) is 22.6 Å². The second-order valence-corrected chi connectivity index (χ2v) is 3.61. The highest BCUT2D eigenvalue weighted by atomic mass is 19.4. The topological polar surface area (TPSA) is 39.1 Å². The average Bonchev–Trinajstić information content (AvgIpc) is 2.59. The predicted molar refractivity (Wildman–Crippen MR) is 51.5 cm³/mol. The molecule has 0 saturated heterocycles. The van der Waals surface area contributed by atoms with Crippen molar-refractivity contribution >= 4 is 0 Å². The van der Waals surface area contributed by atoms with Crippen molar-refractivity contribution in [2.45, 2.75) is 32.6 Å². The zero-order valence-electron chi connectivity index (χ0n) is 9.08. The van der Waals surface area contributed by atoms with E-state index in [9.17, 15) is 13.2 Å². The summed E-state index contributed by atoms with van der Waals surface area (Å²) in [5.74, 6) is 0. The van der Waals surface area contributed by atoms with Gasteiger partial charge in [0, 0.05) is 12.2 Å². The second-order valence-electron chi connectivity index (χ2n) is 3.61. The van der Waals surface area contributed by atoms with Crippen molar-refractivity contribution in [3.63, 3.8) is 0 Å². The van der Waals surface area contributed by atoms with Crippen LogP contribution >= 0.6 is 0 Å². The maximum Gasteiger partial charge on any atom is 0.413 e. The van der Waals surface area contributed by atoms with Gasteiger partial charge >= 0.3 is 6.18 Å². The SMILES string of the molecule is CC(C)n1ccc(CNOCC(F)(F)F)n1. The summed E-state index contributed by atoms with van der Waals surface area (Å²) in [6, 6.07) is 1.95. The van der Waals surface area contributed by atoms with Crippen molar-refractivity contribution in [3.8, 4) is 0 Å². The molecule has 1 aromatic rings.